The number of esters is 1. The molecule has 0 spiro atoms. The van der Waals surface area contributed by atoms with Crippen LogP contribution in [0.5, 0.6) is 0 Å². The molecule has 1 fully saturated rings. The van der Waals surface area contributed by atoms with E-state index >= 15 is 0 Å². The second kappa shape index (κ2) is 9.14. The van der Waals surface area contributed by atoms with Gasteiger partial charge in [0.05, 0.1) is 19.2 Å². The van der Waals surface area contributed by atoms with Gasteiger partial charge in [-0.3, -0.25) is 4.79 Å². The van der Waals surface area contributed by atoms with Crippen LogP contribution in [0.2, 0.25) is 5.02 Å². The molecule has 158 valence electrons. The van der Waals surface area contributed by atoms with E-state index in [2.05, 4.69) is 14.9 Å². The highest BCUT2D eigenvalue weighted by Gasteiger charge is 2.32. The van der Waals surface area contributed by atoms with Gasteiger partial charge in [0, 0.05) is 22.7 Å². The minimum absolute atomic E-state index is 0.134. The summed E-state index contributed by atoms with van der Waals surface area (Å²) in [4.78, 5) is 26.0. The molecule has 1 heterocycles. The predicted octanol–water partition coefficient (Wildman–Crippen LogP) is 4.38. The number of halogens is 1. The van der Waals surface area contributed by atoms with Crippen molar-refractivity contribution in [1.29, 1.82) is 0 Å². The van der Waals surface area contributed by atoms with Crippen molar-refractivity contribution in [2.24, 2.45) is 0 Å². The molecule has 1 aliphatic rings. The number of ether oxygens (including phenoxy) is 1. The molecule has 0 N–H and O–H groups in total. The Morgan fingerprint density at radius 2 is 1.84 bits per heavy atom. The van der Waals surface area contributed by atoms with Crippen LogP contribution in [-0.2, 0) is 16.1 Å². The van der Waals surface area contributed by atoms with Crippen LogP contribution in [0.4, 0.5) is 0 Å². The van der Waals surface area contributed by atoms with Gasteiger partial charge >= 0.3 is 5.97 Å². The molecule has 0 bridgehead atoms. The average molecular weight is 438 g/mol. The third kappa shape index (κ3) is 5.19. The van der Waals surface area contributed by atoms with E-state index in [0.717, 1.165) is 24.0 Å². The van der Waals surface area contributed by atoms with Gasteiger partial charge in [0.1, 0.15) is 0 Å². The lowest BCUT2D eigenvalue weighted by Crippen LogP contribution is -2.31. The molecular weight excluding hydrogens is 418 g/mol. The van der Waals surface area contributed by atoms with E-state index in [9.17, 15) is 9.59 Å². The molecule has 0 radical (unpaired) electrons. The maximum absolute atomic E-state index is 12.8. The van der Waals surface area contributed by atoms with E-state index in [-0.39, 0.29) is 18.5 Å². The molecule has 2 aromatic carbocycles. The summed E-state index contributed by atoms with van der Waals surface area (Å²) in [7, 11) is 1.34. The van der Waals surface area contributed by atoms with Crippen molar-refractivity contribution in [3.63, 3.8) is 0 Å². The lowest BCUT2D eigenvalue weighted by Gasteiger charge is -2.18. The van der Waals surface area contributed by atoms with Crippen LogP contribution in [0.3, 0.4) is 0 Å². The number of carbonyl (C=O) groups excluding carboxylic acids is 2. The molecule has 1 saturated carbocycles. The number of nitrogens with zero attached hydrogens (tertiary/aromatic N) is 3. The maximum Gasteiger partial charge on any atom is 0.337 e. The van der Waals surface area contributed by atoms with Gasteiger partial charge in [-0.05, 0) is 60.9 Å². The van der Waals surface area contributed by atoms with E-state index in [1.165, 1.54) is 13.2 Å². The van der Waals surface area contributed by atoms with Crippen LogP contribution in [0.1, 0.15) is 34.7 Å². The lowest BCUT2D eigenvalue weighted by molar-refractivity contribution is -0.127. The van der Waals surface area contributed by atoms with Gasteiger partial charge in [-0.15, -0.1) is 10.2 Å². The summed E-state index contributed by atoms with van der Waals surface area (Å²) in [5.41, 5.74) is 2.03. The molecule has 7 nitrogen and oxygen atoms in total. The van der Waals surface area contributed by atoms with Crippen molar-refractivity contribution in [2.45, 2.75) is 25.4 Å². The van der Waals surface area contributed by atoms with Crippen molar-refractivity contribution in [1.82, 2.24) is 15.1 Å². The largest absolute Gasteiger partial charge is 0.465 e. The zero-order valence-corrected chi connectivity index (χ0v) is 17.6. The van der Waals surface area contributed by atoms with Crippen LogP contribution in [0.15, 0.2) is 59.0 Å². The summed E-state index contributed by atoms with van der Waals surface area (Å²) in [6.45, 7) is 0.246. The third-order valence-electron chi connectivity index (χ3n) is 4.88. The number of hydrogen-bond acceptors (Lipinski definition) is 6. The second-order valence-corrected chi connectivity index (χ2v) is 7.59. The Bertz CT molecular complexity index is 1100. The molecule has 3 aromatic rings. The fraction of sp³-hybridized carbons (Fsp3) is 0.217. The Kier molecular flexibility index (Phi) is 6.13. The number of benzene rings is 2. The van der Waals surface area contributed by atoms with E-state index in [1.807, 2.05) is 0 Å². The quantitative estimate of drug-likeness (QED) is 0.402. The van der Waals surface area contributed by atoms with Gasteiger partial charge in [0.25, 0.3) is 0 Å². The molecule has 1 aliphatic carbocycles. The number of rotatable bonds is 7. The first-order chi connectivity index (χ1) is 15.0. The zero-order chi connectivity index (χ0) is 21.8. The van der Waals surface area contributed by atoms with Gasteiger partial charge in [-0.25, -0.2) is 4.79 Å². The normalized spacial score (nSPS) is 13.4. The average Bonchev–Trinajstić information content (AvgIpc) is 3.53. The van der Waals surface area contributed by atoms with Crippen molar-refractivity contribution >= 4 is 29.6 Å². The summed E-state index contributed by atoms with van der Waals surface area (Å²) >= 11 is 5.91. The van der Waals surface area contributed by atoms with Gasteiger partial charge in [0.2, 0.25) is 17.7 Å². The first-order valence-electron chi connectivity index (χ1n) is 9.79. The molecule has 0 atom stereocenters. The van der Waals surface area contributed by atoms with E-state index < -0.39 is 5.97 Å². The molecule has 0 aliphatic heterocycles. The highest BCUT2D eigenvalue weighted by molar-refractivity contribution is 6.30. The number of amides is 1. The van der Waals surface area contributed by atoms with Crippen LogP contribution in [-0.4, -0.2) is 40.1 Å². The second-order valence-electron chi connectivity index (χ2n) is 7.15. The van der Waals surface area contributed by atoms with E-state index in [4.69, 9.17) is 16.0 Å². The van der Waals surface area contributed by atoms with Crippen molar-refractivity contribution in [3.05, 3.63) is 76.6 Å². The smallest absolute Gasteiger partial charge is 0.337 e. The predicted molar refractivity (Wildman–Crippen MR) is 115 cm³/mol. The fourth-order valence-corrected chi connectivity index (χ4v) is 3.18. The van der Waals surface area contributed by atoms with Gasteiger partial charge in [-0.2, -0.15) is 0 Å². The molecule has 31 heavy (non-hydrogen) atoms. The topological polar surface area (TPSA) is 85.5 Å². The number of methoxy groups -OCH3 is 1. The zero-order valence-electron chi connectivity index (χ0n) is 16.8. The lowest BCUT2D eigenvalue weighted by atomic mass is 10.1. The minimum atomic E-state index is -0.399. The Balaban J connectivity index is 1.43. The third-order valence-corrected chi connectivity index (χ3v) is 5.14. The highest BCUT2D eigenvalue weighted by Crippen LogP contribution is 2.29. The Morgan fingerprint density at radius 1 is 1.13 bits per heavy atom. The maximum atomic E-state index is 12.8. The Morgan fingerprint density at radius 3 is 2.48 bits per heavy atom. The van der Waals surface area contributed by atoms with Crippen LogP contribution >= 0.6 is 11.6 Å². The summed E-state index contributed by atoms with van der Waals surface area (Å²) in [6, 6.07) is 14.1. The van der Waals surface area contributed by atoms with Gasteiger partial charge < -0.3 is 14.1 Å². The van der Waals surface area contributed by atoms with Crippen molar-refractivity contribution in [2.75, 3.05) is 7.11 Å². The van der Waals surface area contributed by atoms with Crippen molar-refractivity contribution < 1.29 is 18.7 Å². The van der Waals surface area contributed by atoms with Crippen LogP contribution in [0.25, 0.3) is 17.5 Å². The molecule has 1 aromatic heterocycles. The first kappa shape index (κ1) is 20.8. The summed E-state index contributed by atoms with van der Waals surface area (Å²) in [5, 5.41) is 8.79. The monoisotopic (exact) mass is 437 g/mol. The summed E-state index contributed by atoms with van der Waals surface area (Å²) in [5.74, 6) is 0.229. The summed E-state index contributed by atoms with van der Waals surface area (Å²) in [6.07, 6.45) is 5.13. The SMILES string of the molecule is COC(=O)c1ccc(/C=C/C(=O)N(Cc2nnc(-c3ccc(Cl)cc3)o2)C2CC2)cc1. The molecule has 8 heteroatoms. The molecule has 0 saturated heterocycles. The van der Waals surface area contributed by atoms with E-state index in [1.54, 1.807) is 59.5 Å². The molecular formula is C23H20ClN3O4. The van der Waals surface area contributed by atoms with Crippen LogP contribution in [0, 0.1) is 0 Å². The fourth-order valence-electron chi connectivity index (χ4n) is 3.06. The standard InChI is InChI=1S/C23H20ClN3O4/c1-30-23(29)17-5-2-15(3-6-17)4-13-21(28)27(19-11-12-19)14-20-25-26-22(31-20)16-7-9-18(24)10-8-16/h2-10,13,19H,11-12,14H2,1H3/b13-4+. The van der Waals surface area contributed by atoms with E-state index in [0.29, 0.717) is 22.4 Å². The van der Waals surface area contributed by atoms with Gasteiger partial charge in [0.15, 0.2) is 0 Å². The number of hydrogen-bond donors (Lipinski definition) is 0. The number of aromatic nitrogens is 2. The molecule has 4 rings (SSSR count). The Hall–Kier alpha value is -3.45. The first-order valence-corrected chi connectivity index (χ1v) is 10.2. The summed E-state index contributed by atoms with van der Waals surface area (Å²) < 4.78 is 10.4. The highest BCUT2D eigenvalue weighted by atomic mass is 35.5. The number of carbonyl (C=O) groups is 2. The molecule has 1 amide bonds. The van der Waals surface area contributed by atoms with Crippen LogP contribution < -0.4 is 0 Å². The van der Waals surface area contributed by atoms with Crippen molar-refractivity contribution in [3.8, 4) is 11.5 Å². The molecule has 0 unspecified atom stereocenters. The Labute approximate surface area is 184 Å². The van der Waals surface area contributed by atoms with Gasteiger partial charge in [-0.1, -0.05) is 23.7 Å². The minimum Gasteiger partial charge on any atom is -0.465 e.